The van der Waals surface area contributed by atoms with Crippen LogP contribution in [-0.4, -0.2) is 36.1 Å². The lowest BCUT2D eigenvalue weighted by molar-refractivity contribution is -0.121. The number of nitrogens with zero attached hydrogens (tertiary/aromatic N) is 5. The first-order chi connectivity index (χ1) is 13.5. The number of carbonyl (C=O) groups excluding carboxylic acids is 1. The molecule has 4 rings (SSSR count). The highest BCUT2D eigenvalue weighted by Crippen LogP contribution is 2.21. The summed E-state index contributed by atoms with van der Waals surface area (Å²) >= 11 is 1.58. The highest BCUT2D eigenvalue weighted by Gasteiger charge is 2.16. The van der Waals surface area contributed by atoms with Gasteiger partial charge in [-0.25, -0.2) is 19.3 Å². The predicted molar refractivity (Wildman–Crippen MR) is 107 cm³/mol. The van der Waals surface area contributed by atoms with Crippen LogP contribution in [0.4, 0.5) is 0 Å². The second-order valence-electron chi connectivity index (χ2n) is 6.44. The monoisotopic (exact) mass is 398 g/mol. The molecule has 144 valence electrons. The van der Waals surface area contributed by atoms with Crippen LogP contribution in [0, 0.1) is 0 Å². The molecule has 0 unspecified atom stereocenters. The van der Waals surface area contributed by atoms with Crippen LogP contribution >= 0.6 is 11.3 Å². The fourth-order valence-electron chi connectivity index (χ4n) is 3.07. The Balaban J connectivity index is 1.47. The van der Waals surface area contributed by atoms with Crippen LogP contribution in [0.25, 0.3) is 21.4 Å². The van der Waals surface area contributed by atoms with Gasteiger partial charge in [0.25, 0.3) is 5.56 Å². The Labute approximate surface area is 162 Å². The van der Waals surface area contributed by atoms with Crippen LogP contribution in [0.3, 0.4) is 0 Å². The van der Waals surface area contributed by atoms with E-state index >= 15 is 0 Å². The molecule has 9 nitrogen and oxygen atoms in total. The second-order valence-corrected chi connectivity index (χ2v) is 7.55. The van der Waals surface area contributed by atoms with E-state index < -0.39 is 17.2 Å². The summed E-state index contributed by atoms with van der Waals surface area (Å²) in [4.78, 5) is 45.9. The summed E-state index contributed by atoms with van der Waals surface area (Å²) in [6.45, 7) is 0.0359. The zero-order chi connectivity index (χ0) is 19.8. The first-order valence-corrected chi connectivity index (χ1v) is 9.49. The van der Waals surface area contributed by atoms with Crippen LogP contribution in [0.2, 0.25) is 0 Å². The van der Waals surface area contributed by atoms with E-state index in [1.165, 1.54) is 17.9 Å². The first-order valence-electron chi connectivity index (χ1n) is 8.67. The van der Waals surface area contributed by atoms with Gasteiger partial charge in [-0.3, -0.25) is 14.2 Å². The molecule has 0 spiro atoms. The molecule has 0 aliphatic rings. The van der Waals surface area contributed by atoms with Crippen molar-refractivity contribution in [2.45, 2.75) is 13.0 Å². The van der Waals surface area contributed by atoms with Gasteiger partial charge in [0.1, 0.15) is 6.54 Å². The second kappa shape index (κ2) is 7.04. The maximum absolute atomic E-state index is 12.6. The van der Waals surface area contributed by atoms with E-state index in [0.29, 0.717) is 18.6 Å². The SMILES string of the molecule is Cn1cnc2c1c(=O)n(CC(=O)NCCc1nc3ccccc3s1)c(=O)n2C. The topological polar surface area (TPSA) is 104 Å². The molecule has 0 saturated heterocycles. The molecule has 1 aromatic carbocycles. The van der Waals surface area contributed by atoms with Crippen LogP contribution in [-0.2, 0) is 31.9 Å². The average molecular weight is 398 g/mol. The third-order valence-corrected chi connectivity index (χ3v) is 5.60. The van der Waals surface area contributed by atoms with Gasteiger partial charge < -0.3 is 9.88 Å². The molecule has 0 saturated carbocycles. The fraction of sp³-hybridized carbons (Fsp3) is 0.278. The Morgan fingerprint density at radius 1 is 1.21 bits per heavy atom. The van der Waals surface area contributed by atoms with Gasteiger partial charge >= 0.3 is 5.69 Å². The lowest BCUT2D eigenvalue weighted by Gasteiger charge is -2.09. The molecule has 0 aliphatic carbocycles. The zero-order valence-electron chi connectivity index (χ0n) is 15.4. The molecular weight excluding hydrogens is 380 g/mol. The third kappa shape index (κ3) is 3.11. The van der Waals surface area contributed by atoms with E-state index in [-0.39, 0.29) is 12.1 Å². The van der Waals surface area contributed by atoms with Crippen molar-refractivity contribution in [1.29, 1.82) is 0 Å². The van der Waals surface area contributed by atoms with E-state index in [9.17, 15) is 14.4 Å². The third-order valence-electron chi connectivity index (χ3n) is 4.50. The van der Waals surface area contributed by atoms with Crippen molar-refractivity contribution in [3.8, 4) is 0 Å². The van der Waals surface area contributed by atoms with Gasteiger partial charge in [-0.15, -0.1) is 11.3 Å². The van der Waals surface area contributed by atoms with Crippen molar-refractivity contribution in [3.63, 3.8) is 0 Å². The van der Waals surface area contributed by atoms with Crippen molar-refractivity contribution >= 4 is 38.6 Å². The van der Waals surface area contributed by atoms with Gasteiger partial charge in [-0.05, 0) is 12.1 Å². The minimum atomic E-state index is -0.572. The molecule has 28 heavy (non-hydrogen) atoms. The van der Waals surface area contributed by atoms with Crippen molar-refractivity contribution in [3.05, 3.63) is 56.4 Å². The molecule has 0 fully saturated rings. The summed E-state index contributed by atoms with van der Waals surface area (Å²) < 4.78 is 4.84. The Morgan fingerprint density at radius 3 is 2.79 bits per heavy atom. The molecule has 0 aliphatic heterocycles. The maximum atomic E-state index is 12.6. The highest BCUT2D eigenvalue weighted by atomic mass is 32.1. The van der Waals surface area contributed by atoms with E-state index in [0.717, 1.165) is 19.8 Å². The Morgan fingerprint density at radius 2 is 2.00 bits per heavy atom. The Bertz CT molecular complexity index is 1280. The maximum Gasteiger partial charge on any atom is 0.332 e. The number of imidazole rings is 1. The molecular formula is C18H18N6O3S. The minimum Gasteiger partial charge on any atom is -0.354 e. The van der Waals surface area contributed by atoms with Gasteiger partial charge in [0.2, 0.25) is 5.91 Å². The molecule has 0 bridgehead atoms. The van der Waals surface area contributed by atoms with Gasteiger partial charge in [-0.2, -0.15) is 0 Å². The number of hydrogen-bond acceptors (Lipinski definition) is 6. The van der Waals surface area contributed by atoms with Crippen molar-refractivity contribution in [2.24, 2.45) is 14.1 Å². The van der Waals surface area contributed by atoms with Crippen LogP contribution in [0.1, 0.15) is 5.01 Å². The summed E-state index contributed by atoms with van der Waals surface area (Å²) in [5.74, 6) is -0.401. The summed E-state index contributed by atoms with van der Waals surface area (Å²) in [7, 11) is 3.20. The van der Waals surface area contributed by atoms with Gasteiger partial charge in [0, 0.05) is 27.1 Å². The summed E-state index contributed by atoms with van der Waals surface area (Å²) in [6, 6.07) is 7.85. The lowest BCUT2D eigenvalue weighted by atomic mass is 10.3. The zero-order valence-corrected chi connectivity index (χ0v) is 16.2. The smallest absolute Gasteiger partial charge is 0.332 e. The van der Waals surface area contributed by atoms with E-state index in [1.807, 2.05) is 24.3 Å². The standard InChI is InChI=1S/C18H18N6O3S/c1-22-10-20-16-15(22)17(26)24(18(27)23(16)2)9-13(25)19-8-7-14-21-11-5-3-4-6-12(11)28-14/h3-6,10H,7-9H2,1-2H3,(H,19,25). The van der Waals surface area contributed by atoms with Crippen molar-refractivity contribution in [2.75, 3.05) is 6.54 Å². The molecule has 3 heterocycles. The largest absolute Gasteiger partial charge is 0.354 e. The number of aromatic nitrogens is 5. The number of thiazole rings is 1. The number of fused-ring (bicyclic) bond motifs is 2. The average Bonchev–Trinajstić information content (AvgIpc) is 3.26. The van der Waals surface area contributed by atoms with Gasteiger partial charge in [0.05, 0.1) is 21.6 Å². The highest BCUT2D eigenvalue weighted by molar-refractivity contribution is 7.18. The van der Waals surface area contributed by atoms with Crippen molar-refractivity contribution < 1.29 is 4.79 Å². The Hall–Kier alpha value is -3.27. The fourth-order valence-corrected chi connectivity index (χ4v) is 4.04. The van der Waals surface area contributed by atoms with E-state index in [4.69, 9.17) is 0 Å². The van der Waals surface area contributed by atoms with E-state index in [2.05, 4.69) is 15.3 Å². The molecule has 0 atom stereocenters. The summed E-state index contributed by atoms with van der Waals surface area (Å²) in [5.41, 5.74) is 0.416. The predicted octanol–water partition coefficient (Wildman–Crippen LogP) is 0.402. The normalized spacial score (nSPS) is 11.4. The number of nitrogens with one attached hydrogen (secondary N) is 1. The quantitative estimate of drug-likeness (QED) is 0.524. The number of carbonyl (C=O) groups is 1. The number of aryl methyl sites for hydroxylation is 2. The molecule has 10 heteroatoms. The molecule has 1 N–H and O–H groups in total. The number of hydrogen-bond donors (Lipinski definition) is 1. The van der Waals surface area contributed by atoms with E-state index in [1.54, 1.807) is 23.0 Å². The molecule has 4 aromatic rings. The number of rotatable bonds is 5. The molecule has 3 aromatic heterocycles. The van der Waals surface area contributed by atoms with Gasteiger partial charge in [-0.1, -0.05) is 12.1 Å². The summed E-state index contributed by atoms with van der Waals surface area (Å²) in [6.07, 6.45) is 2.05. The van der Waals surface area contributed by atoms with Crippen LogP contribution < -0.4 is 16.6 Å². The number of para-hydroxylation sites is 1. The number of amides is 1. The van der Waals surface area contributed by atoms with Crippen LogP contribution in [0.15, 0.2) is 40.2 Å². The lowest BCUT2D eigenvalue weighted by Crippen LogP contribution is -2.43. The molecule has 1 amide bonds. The Kier molecular flexibility index (Phi) is 4.55. The first kappa shape index (κ1) is 18.1. The van der Waals surface area contributed by atoms with Gasteiger partial charge in [0.15, 0.2) is 11.2 Å². The number of benzene rings is 1. The van der Waals surface area contributed by atoms with Crippen LogP contribution in [0.5, 0.6) is 0 Å². The molecule has 0 radical (unpaired) electrons. The summed E-state index contributed by atoms with van der Waals surface area (Å²) in [5, 5.41) is 3.67. The van der Waals surface area contributed by atoms with Crippen molar-refractivity contribution in [1.82, 2.24) is 29.0 Å². The minimum absolute atomic E-state index is 0.282.